The third-order valence-corrected chi connectivity index (χ3v) is 5.51. The van der Waals surface area contributed by atoms with E-state index in [0.717, 1.165) is 48.7 Å². The average molecular weight is 404 g/mol. The molecular formula is C25H29N3O2. The molecule has 2 aromatic carbocycles. The maximum Gasteiger partial charge on any atom is 0.128 e. The normalized spacial score (nSPS) is 16.4. The number of hydrogen-bond acceptors (Lipinski definition) is 5. The fraction of sp³-hybridized carbons (Fsp3) is 0.320. The molecule has 1 saturated heterocycles. The summed E-state index contributed by atoms with van der Waals surface area (Å²) in [7, 11) is 0. The summed E-state index contributed by atoms with van der Waals surface area (Å²) in [4.78, 5) is 6.94. The topological polar surface area (TPSA) is 57.6 Å². The molecule has 156 valence electrons. The Morgan fingerprint density at radius 3 is 2.70 bits per heavy atom. The SMILES string of the molecule is OCCc1cc(CC2CNCCN2c2ccccn2)ccc1OCc1ccccc1. The summed E-state index contributed by atoms with van der Waals surface area (Å²) in [5.74, 6) is 1.88. The summed E-state index contributed by atoms with van der Waals surface area (Å²) in [6, 6.07) is 22.9. The molecule has 0 bridgehead atoms. The molecule has 1 fully saturated rings. The van der Waals surface area contributed by atoms with E-state index in [0.29, 0.717) is 19.1 Å². The van der Waals surface area contributed by atoms with Crippen LogP contribution in [0.4, 0.5) is 5.82 Å². The summed E-state index contributed by atoms with van der Waals surface area (Å²) >= 11 is 0. The van der Waals surface area contributed by atoms with Crippen LogP contribution in [-0.4, -0.2) is 42.4 Å². The monoisotopic (exact) mass is 403 g/mol. The molecule has 5 heteroatoms. The second-order valence-electron chi connectivity index (χ2n) is 7.63. The summed E-state index contributed by atoms with van der Waals surface area (Å²) in [6.07, 6.45) is 3.36. The van der Waals surface area contributed by atoms with Gasteiger partial charge in [0.1, 0.15) is 18.2 Å². The Morgan fingerprint density at radius 1 is 1.03 bits per heavy atom. The highest BCUT2D eigenvalue weighted by molar-refractivity contribution is 5.42. The van der Waals surface area contributed by atoms with Crippen molar-refractivity contribution in [1.82, 2.24) is 10.3 Å². The van der Waals surface area contributed by atoms with Gasteiger partial charge >= 0.3 is 0 Å². The van der Waals surface area contributed by atoms with E-state index in [2.05, 4.69) is 45.5 Å². The fourth-order valence-electron chi connectivity index (χ4n) is 3.99. The molecule has 4 rings (SSSR count). The van der Waals surface area contributed by atoms with E-state index in [4.69, 9.17) is 4.74 Å². The Balaban J connectivity index is 1.48. The molecule has 1 unspecified atom stereocenters. The van der Waals surface area contributed by atoms with Gasteiger partial charge < -0.3 is 20.1 Å². The molecule has 0 amide bonds. The van der Waals surface area contributed by atoms with Crippen LogP contribution >= 0.6 is 0 Å². The van der Waals surface area contributed by atoms with Gasteiger partial charge in [-0.15, -0.1) is 0 Å². The van der Waals surface area contributed by atoms with Crippen molar-refractivity contribution in [3.63, 3.8) is 0 Å². The van der Waals surface area contributed by atoms with Crippen LogP contribution in [0.25, 0.3) is 0 Å². The van der Waals surface area contributed by atoms with E-state index >= 15 is 0 Å². The molecule has 1 aromatic heterocycles. The van der Waals surface area contributed by atoms with Gasteiger partial charge in [0.2, 0.25) is 0 Å². The first-order valence-electron chi connectivity index (χ1n) is 10.6. The van der Waals surface area contributed by atoms with Gasteiger partial charge in [-0.25, -0.2) is 4.98 Å². The largest absolute Gasteiger partial charge is 0.489 e. The number of aliphatic hydroxyl groups excluding tert-OH is 1. The van der Waals surface area contributed by atoms with Crippen molar-refractivity contribution in [3.8, 4) is 5.75 Å². The second-order valence-corrected chi connectivity index (χ2v) is 7.63. The minimum Gasteiger partial charge on any atom is -0.489 e. The minimum absolute atomic E-state index is 0.107. The van der Waals surface area contributed by atoms with Crippen LogP contribution in [0.5, 0.6) is 5.75 Å². The van der Waals surface area contributed by atoms with Gasteiger partial charge in [0.15, 0.2) is 0 Å². The number of benzene rings is 2. The maximum absolute atomic E-state index is 9.55. The van der Waals surface area contributed by atoms with Crippen molar-refractivity contribution < 1.29 is 9.84 Å². The zero-order valence-corrected chi connectivity index (χ0v) is 17.2. The van der Waals surface area contributed by atoms with Gasteiger partial charge in [-0.05, 0) is 47.7 Å². The lowest BCUT2D eigenvalue weighted by atomic mass is 9.99. The standard InChI is InChI=1S/C25H29N3O2/c29-15-11-22-16-21(9-10-24(22)30-19-20-6-2-1-3-7-20)17-23-18-26-13-14-28(23)25-8-4-5-12-27-25/h1-10,12,16,23,26,29H,11,13-15,17-19H2. The lowest BCUT2D eigenvalue weighted by molar-refractivity contribution is 0.284. The van der Waals surface area contributed by atoms with Crippen molar-refractivity contribution >= 4 is 5.82 Å². The second kappa shape index (κ2) is 10.2. The average Bonchev–Trinajstić information content (AvgIpc) is 2.80. The number of aliphatic hydroxyl groups is 1. The molecule has 1 atom stereocenters. The van der Waals surface area contributed by atoms with E-state index in [9.17, 15) is 5.11 Å². The first-order valence-corrected chi connectivity index (χ1v) is 10.6. The van der Waals surface area contributed by atoms with Crippen molar-refractivity contribution in [3.05, 3.63) is 89.6 Å². The highest BCUT2D eigenvalue weighted by atomic mass is 16.5. The molecule has 2 N–H and O–H groups in total. The Morgan fingerprint density at radius 2 is 1.90 bits per heavy atom. The van der Waals surface area contributed by atoms with E-state index < -0.39 is 0 Å². The summed E-state index contributed by atoms with van der Waals surface area (Å²) in [5, 5.41) is 13.1. The van der Waals surface area contributed by atoms with Crippen molar-refractivity contribution in [1.29, 1.82) is 0 Å². The molecule has 2 heterocycles. The van der Waals surface area contributed by atoms with Gasteiger partial charge in [0.25, 0.3) is 0 Å². The number of ether oxygens (including phenoxy) is 1. The van der Waals surface area contributed by atoms with E-state index in [1.54, 1.807) is 0 Å². The number of piperazine rings is 1. The van der Waals surface area contributed by atoms with Crippen LogP contribution in [0.3, 0.4) is 0 Å². The smallest absolute Gasteiger partial charge is 0.128 e. The number of hydrogen-bond donors (Lipinski definition) is 2. The van der Waals surface area contributed by atoms with Crippen LogP contribution in [0.15, 0.2) is 72.9 Å². The summed E-state index contributed by atoms with van der Waals surface area (Å²) in [6.45, 7) is 3.48. The zero-order valence-electron chi connectivity index (χ0n) is 17.2. The van der Waals surface area contributed by atoms with Gasteiger partial charge in [-0.2, -0.15) is 0 Å². The number of rotatable bonds is 8. The number of anilines is 1. The van der Waals surface area contributed by atoms with Gasteiger partial charge in [0.05, 0.1) is 0 Å². The quantitative estimate of drug-likeness (QED) is 0.605. The molecule has 0 saturated carbocycles. The van der Waals surface area contributed by atoms with Gasteiger partial charge in [-0.3, -0.25) is 0 Å². The van der Waals surface area contributed by atoms with Crippen LogP contribution in [-0.2, 0) is 19.4 Å². The van der Waals surface area contributed by atoms with Gasteiger partial charge in [0, 0.05) is 38.5 Å². The molecule has 1 aliphatic heterocycles. The Labute approximate surface area is 178 Å². The number of nitrogens with zero attached hydrogens (tertiary/aromatic N) is 2. The maximum atomic E-state index is 9.55. The Kier molecular flexibility index (Phi) is 6.95. The molecule has 30 heavy (non-hydrogen) atoms. The number of nitrogens with one attached hydrogen (secondary N) is 1. The Hall–Kier alpha value is -2.89. The van der Waals surface area contributed by atoms with Crippen molar-refractivity contribution in [2.75, 3.05) is 31.1 Å². The molecule has 1 aliphatic rings. The molecule has 0 radical (unpaired) electrons. The predicted molar refractivity (Wildman–Crippen MR) is 120 cm³/mol. The highest BCUT2D eigenvalue weighted by Gasteiger charge is 2.23. The van der Waals surface area contributed by atoms with Crippen LogP contribution in [0.2, 0.25) is 0 Å². The fourth-order valence-corrected chi connectivity index (χ4v) is 3.99. The molecule has 3 aromatic rings. The summed E-state index contributed by atoms with van der Waals surface area (Å²) in [5.41, 5.74) is 3.44. The lowest BCUT2D eigenvalue weighted by Crippen LogP contribution is -2.52. The molecule has 0 spiro atoms. The lowest BCUT2D eigenvalue weighted by Gasteiger charge is -2.37. The number of aromatic nitrogens is 1. The molecular weight excluding hydrogens is 374 g/mol. The van der Waals surface area contributed by atoms with E-state index in [1.807, 2.05) is 42.6 Å². The summed E-state index contributed by atoms with van der Waals surface area (Å²) < 4.78 is 6.07. The minimum atomic E-state index is 0.107. The molecule has 5 nitrogen and oxygen atoms in total. The first kappa shape index (κ1) is 20.4. The Bertz CT molecular complexity index is 918. The predicted octanol–water partition coefficient (Wildman–Crippen LogP) is 3.22. The zero-order chi connectivity index (χ0) is 20.6. The van der Waals surface area contributed by atoms with Crippen molar-refractivity contribution in [2.24, 2.45) is 0 Å². The molecule has 0 aliphatic carbocycles. The van der Waals surface area contributed by atoms with E-state index in [1.165, 1.54) is 5.56 Å². The van der Waals surface area contributed by atoms with Crippen LogP contribution in [0, 0.1) is 0 Å². The van der Waals surface area contributed by atoms with Crippen LogP contribution in [0.1, 0.15) is 16.7 Å². The van der Waals surface area contributed by atoms with E-state index in [-0.39, 0.29) is 6.61 Å². The van der Waals surface area contributed by atoms with Gasteiger partial charge in [-0.1, -0.05) is 48.5 Å². The first-order chi connectivity index (χ1) is 14.8. The van der Waals surface area contributed by atoms with Crippen molar-refractivity contribution in [2.45, 2.75) is 25.5 Å². The van der Waals surface area contributed by atoms with Crippen LogP contribution < -0.4 is 15.0 Å². The highest BCUT2D eigenvalue weighted by Crippen LogP contribution is 2.25. The third-order valence-electron chi connectivity index (χ3n) is 5.51. The third kappa shape index (κ3) is 5.17. The number of pyridine rings is 1.